The standard InChI is InChI=1S/C29H24N4O5/c1-16(28(34)32-15-17-5-4-11-30-14-17)38-18-6-8-22-21(13-18)19-10-12-31-25-20-7-9-23(36-2)27(37-3)24(20)29(35)33(22)26(19)25/h4-14,16H,15H2,1-3H3,(H,32,34). The van der Waals surface area contributed by atoms with Gasteiger partial charge < -0.3 is 19.5 Å². The van der Waals surface area contributed by atoms with Crippen molar-refractivity contribution in [2.75, 3.05) is 14.2 Å². The topological polar surface area (TPSA) is 104 Å². The number of ether oxygens (including phenoxy) is 3. The van der Waals surface area contributed by atoms with Gasteiger partial charge in [-0.05, 0) is 55.0 Å². The molecule has 2 aromatic carbocycles. The van der Waals surface area contributed by atoms with Crippen LogP contribution >= 0.6 is 0 Å². The van der Waals surface area contributed by atoms with Crippen LogP contribution in [0.2, 0.25) is 0 Å². The summed E-state index contributed by atoms with van der Waals surface area (Å²) in [6, 6.07) is 14.6. The molecule has 38 heavy (non-hydrogen) atoms. The van der Waals surface area contributed by atoms with Crippen molar-refractivity contribution in [1.82, 2.24) is 19.7 Å². The molecule has 1 N–H and O–H groups in total. The number of fused-ring (bicyclic) bond motifs is 5. The molecule has 0 aliphatic heterocycles. The van der Waals surface area contributed by atoms with E-state index < -0.39 is 6.10 Å². The first-order valence-corrected chi connectivity index (χ1v) is 12.1. The van der Waals surface area contributed by atoms with Gasteiger partial charge in [0, 0.05) is 41.3 Å². The lowest BCUT2D eigenvalue weighted by atomic mass is 10.1. The number of carbonyl (C=O) groups excluding carboxylic acids is 1. The van der Waals surface area contributed by atoms with Gasteiger partial charge in [-0.15, -0.1) is 0 Å². The monoisotopic (exact) mass is 508 g/mol. The molecule has 6 rings (SSSR count). The molecule has 0 saturated heterocycles. The summed E-state index contributed by atoms with van der Waals surface area (Å²) in [5.41, 5.74) is 2.77. The molecule has 1 unspecified atom stereocenters. The summed E-state index contributed by atoms with van der Waals surface area (Å²) in [6.45, 7) is 2.06. The van der Waals surface area contributed by atoms with E-state index in [9.17, 15) is 9.59 Å². The number of rotatable bonds is 7. The van der Waals surface area contributed by atoms with E-state index in [0.29, 0.717) is 51.1 Å². The van der Waals surface area contributed by atoms with Gasteiger partial charge in [0.25, 0.3) is 11.5 Å². The number of carbonyl (C=O) groups is 1. The SMILES string of the molecule is COc1ccc2c(c1OC)c(=O)n1c3ccc(OC(C)C(=O)NCc4cccnc4)cc3c3ccnc2c31. The number of aromatic nitrogens is 3. The predicted octanol–water partition coefficient (Wildman–Crippen LogP) is 4.09. The first-order valence-electron chi connectivity index (χ1n) is 12.1. The summed E-state index contributed by atoms with van der Waals surface area (Å²) in [6.07, 6.45) is 4.38. The van der Waals surface area contributed by atoms with Gasteiger partial charge in [-0.2, -0.15) is 0 Å². The Kier molecular flexibility index (Phi) is 5.68. The second-order valence-electron chi connectivity index (χ2n) is 8.94. The molecule has 9 heteroatoms. The molecule has 0 radical (unpaired) electrons. The largest absolute Gasteiger partial charge is 0.493 e. The van der Waals surface area contributed by atoms with Gasteiger partial charge in [0.15, 0.2) is 17.6 Å². The minimum Gasteiger partial charge on any atom is -0.493 e. The summed E-state index contributed by atoms with van der Waals surface area (Å²) in [7, 11) is 3.05. The van der Waals surface area contributed by atoms with Crippen LogP contribution < -0.4 is 25.1 Å². The summed E-state index contributed by atoms with van der Waals surface area (Å²) in [4.78, 5) is 35.2. The normalized spacial score (nSPS) is 12.3. The third-order valence-electron chi connectivity index (χ3n) is 6.74. The molecule has 0 spiro atoms. The Morgan fingerprint density at radius 2 is 1.89 bits per heavy atom. The van der Waals surface area contributed by atoms with E-state index in [2.05, 4.69) is 15.3 Å². The van der Waals surface area contributed by atoms with E-state index in [4.69, 9.17) is 14.2 Å². The van der Waals surface area contributed by atoms with Crippen LogP contribution in [0.25, 0.3) is 38.1 Å². The third kappa shape index (κ3) is 3.62. The van der Waals surface area contributed by atoms with Crippen molar-refractivity contribution in [3.63, 3.8) is 0 Å². The van der Waals surface area contributed by atoms with Crippen LogP contribution in [0.5, 0.6) is 17.2 Å². The van der Waals surface area contributed by atoms with E-state index in [-0.39, 0.29) is 11.5 Å². The molecule has 0 aliphatic carbocycles. The highest BCUT2D eigenvalue weighted by Crippen LogP contribution is 2.39. The maximum Gasteiger partial charge on any atom is 0.267 e. The lowest BCUT2D eigenvalue weighted by molar-refractivity contribution is -0.127. The number of benzene rings is 2. The smallest absolute Gasteiger partial charge is 0.267 e. The number of hydrogen-bond acceptors (Lipinski definition) is 7. The van der Waals surface area contributed by atoms with Gasteiger partial charge >= 0.3 is 0 Å². The summed E-state index contributed by atoms with van der Waals surface area (Å²) in [5, 5.41) is 5.63. The zero-order valence-corrected chi connectivity index (χ0v) is 21.0. The molecule has 0 aliphatic rings. The molecule has 1 amide bonds. The predicted molar refractivity (Wildman–Crippen MR) is 144 cm³/mol. The third-order valence-corrected chi connectivity index (χ3v) is 6.74. The van der Waals surface area contributed by atoms with Crippen LogP contribution in [0.4, 0.5) is 0 Å². The van der Waals surface area contributed by atoms with Crippen LogP contribution in [0.15, 0.2) is 71.9 Å². The van der Waals surface area contributed by atoms with Crippen molar-refractivity contribution < 1.29 is 19.0 Å². The van der Waals surface area contributed by atoms with Crippen molar-refractivity contribution >= 4 is 44.0 Å². The molecule has 0 bridgehead atoms. The highest BCUT2D eigenvalue weighted by molar-refractivity contribution is 6.19. The van der Waals surface area contributed by atoms with Gasteiger partial charge in [-0.1, -0.05) is 6.07 Å². The van der Waals surface area contributed by atoms with Crippen molar-refractivity contribution in [2.45, 2.75) is 19.6 Å². The Labute approximate surface area is 216 Å². The molecule has 4 aromatic heterocycles. The van der Waals surface area contributed by atoms with Crippen molar-refractivity contribution in [2.24, 2.45) is 0 Å². The molecule has 9 nitrogen and oxygen atoms in total. The van der Waals surface area contributed by atoms with E-state index in [1.807, 2.05) is 36.4 Å². The number of amides is 1. The number of methoxy groups -OCH3 is 2. The number of pyridine rings is 3. The quantitative estimate of drug-likeness (QED) is 0.324. The van der Waals surface area contributed by atoms with Gasteiger partial charge in [0.2, 0.25) is 0 Å². The first-order chi connectivity index (χ1) is 18.5. The Bertz CT molecular complexity index is 1880. The average molecular weight is 509 g/mol. The second kappa shape index (κ2) is 9.19. The average Bonchev–Trinajstić information content (AvgIpc) is 3.29. The summed E-state index contributed by atoms with van der Waals surface area (Å²) >= 11 is 0. The fourth-order valence-corrected chi connectivity index (χ4v) is 4.97. The molecule has 190 valence electrons. The van der Waals surface area contributed by atoms with Gasteiger partial charge in [-0.25, -0.2) is 0 Å². The molecule has 0 fully saturated rings. The van der Waals surface area contributed by atoms with Crippen molar-refractivity contribution in [1.29, 1.82) is 0 Å². The minimum atomic E-state index is -0.729. The van der Waals surface area contributed by atoms with Crippen LogP contribution in [0.3, 0.4) is 0 Å². The molecular weight excluding hydrogens is 484 g/mol. The van der Waals surface area contributed by atoms with E-state index in [0.717, 1.165) is 16.3 Å². The molecular formula is C29H24N4O5. The summed E-state index contributed by atoms with van der Waals surface area (Å²) in [5.74, 6) is 1.11. The Balaban J connectivity index is 1.43. The van der Waals surface area contributed by atoms with Crippen molar-refractivity contribution in [3.05, 3.63) is 83.0 Å². The highest BCUT2D eigenvalue weighted by Gasteiger charge is 2.23. The van der Waals surface area contributed by atoms with E-state index in [1.54, 1.807) is 42.0 Å². The van der Waals surface area contributed by atoms with Gasteiger partial charge in [0.05, 0.1) is 36.2 Å². The minimum absolute atomic E-state index is 0.229. The molecule has 4 heterocycles. The van der Waals surface area contributed by atoms with E-state index in [1.165, 1.54) is 14.2 Å². The van der Waals surface area contributed by atoms with Gasteiger partial charge in [0.1, 0.15) is 5.75 Å². The molecule has 0 saturated carbocycles. The molecule has 6 aromatic rings. The fraction of sp³-hybridized carbons (Fsp3) is 0.172. The molecule has 1 atom stereocenters. The summed E-state index contributed by atoms with van der Waals surface area (Å²) < 4.78 is 18.7. The van der Waals surface area contributed by atoms with Crippen molar-refractivity contribution in [3.8, 4) is 17.2 Å². The first kappa shape index (κ1) is 23.5. The zero-order valence-electron chi connectivity index (χ0n) is 21.0. The van der Waals surface area contributed by atoms with Gasteiger partial charge in [-0.3, -0.25) is 24.0 Å². The zero-order chi connectivity index (χ0) is 26.4. The maximum absolute atomic E-state index is 13.9. The van der Waals surface area contributed by atoms with Crippen LogP contribution in [-0.2, 0) is 11.3 Å². The van der Waals surface area contributed by atoms with Crippen LogP contribution in [0, 0.1) is 0 Å². The van der Waals surface area contributed by atoms with E-state index >= 15 is 0 Å². The number of nitrogens with zero attached hydrogens (tertiary/aromatic N) is 3. The fourth-order valence-electron chi connectivity index (χ4n) is 4.97. The Morgan fingerprint density at radius 3 is 2.66 bits per heavy atom. The maximum atomic E-state index is 13.9. The number of hydrogen-bond donors (Lipinski definition) is 1. The Morgan fingerprint density at radius 1 is 1.03 bits per heavy atom. The van der Waals surface area contributed by atoms with Crippen LogP contribution in [0.1, 0.15) is 12.5 Å². The van der Waals surface area contributed by atoms with Crippen LogP contribution in [-0.4, -0.2) is 40.6 Å². The Hall–Kier alpha value is -4.92. The highest BCUT2D eigenvalue weighted by atomic mass is 16.5. The second-order valence-corrected chi connectivity index (χ2v) is 8.94. The lowest BCUT2D eigenvalue weighted by Gasteiger charge is -2.15. The number of nitrogens with one attached hydrogen (secondary N) is 1. The lowest BCUT2D eigenvalue weighted by Crippen LogP contribution is -2.35.